The molecule has 0 N–H and O–H groups in total. The zero-order chi connectivity index (χ0) is 16.5. The summed E-state index contributed by atoms with van der Waals surface area (Å²) in [4.78, 5) is 11.6. The second-order valence-corrected chi connectivity index (χ2v) is 7.66. The van der Waals surface area contributed by atoms with Crippen LogP contribution in [0.1, 0.15) is 11.1 Å². The summed E-state index contributed by atoms with van der Waals surface area (Å²) in [6.45, 7) is 4.24. The predicted molar refractivity (Wildman–Crippen MR) is 104 cm³/mol. The Kier molecular flexibility index (Phi) is 4.00. The zero-order valence-corrected chi connectivity index (χ0v) is 15.1. The van der Waals surface area contributed by atoms with Crippen LogP contribution in [0.15, 0.2) is 59.6 Å². The molecule has 0 atom stereocenters. The van der Waals surface area contributed by atoms with Gasteiger partial charge in [0.25, 0.3) is 0 Å². The SMILES string of the molecule is Cc1csc(-c2ccnc(-c3cc(-c4cc(C)cs4)ccn3)c2)c1. The average molecular weight is 348 g/mol. The van der Waals surface area contributed by atoms with Gasteiger partial charge in [-0.25, -0.2) is 0 Å². The molecule has 0 fully saturated rings. The second-order valence-electron chi connectivity index (χ2n) is 5.84. The molecule has 0 aliphatic carbocycles. The van der Waals surface area contributed by atoms with Gasteiger partial charge >= 0.3 is 0 Å². The molecular formula is C20H16N2S2. The quantitative estimate of drug-likeness (QED) is 0.439. The van der Waals surface area contributed by atoms with Gasteiger partial charge in [0.05, 0.1) is 11.4 Å². The number of hydrogen-bond acceptors (Lipinski definition) is 4. The van der Waals surface area contributed by atoms with Gasteiger partial charge in [0.2, 0.25) is 0 Å². The lowest BCUT2D eigenvalue weighted by atomic mass is 10.1. The van der Waals surface area contributed by atoms with Gasteiger partial charge in [-0.1, -0.05) is 0 Å². The topological polar surface area (TPSA) is 25.8 Å². The van der Waals surface area contributed by atoms with Crippen molar-refractivity contribution in [1.82, 2.24) is 9.97 Å². The minimum atomic E-state index is 0.911. The van der Waals surface area contributed by atoms with Crippen LogP contribution >= 0.6 is 22.7 Å². The highest BCUT2D eigenvalue weighted by Gasteiger charge is 2.08. The maximum atomic E-state index is 4.53. The van der Waals surface area contributed by atoms with Gasteiger partial charge in [0.1, 0.15) is 0 Å². The van der Waals surface area contributed by atoms with E-state index in [1.807, 2.05) is 12.4 Å². The number of hydrogen-bond donors (Lipinski definition) is 0. The molecule has 4 aromatic rings. The van der Waals surface area contributed by atoms with Crippen molar-refractivity contribution in [3.63, 3.8) is 0 Å². The summed E-state index contributed by atoms with van der Waals surface area (Å²) in [6, 6.07) is 12.8. The molecule has 4 heteroatoms. The molecule has 0 saturated carbocycles. The van der Waals surface area contributed by atoms with E-state index >= 15 is 0 Å². The summed E-state index contributed by atoms with van der Waals surface area (Å²) in [5, 5.41) is 4.35. The van der Waals surface area contributed by atoms with Crippen molar-refractivity contribution >= 4 is 22.7 Å². The summed E-state index contributed by atoms with van der Waals surface area (Å²) in [5.41, 5.74) is 6.79. The lowest BCUT2D eigenvalue weighted by Gasteiger charge is -2.05. The first kappa shape index (κ1) is 15.2. The highest BCUT2D eigenvalue weighted by molar-refractivity contribution is 7.14. The van der Waals surface area contributed by atoms with Crippen LogP contribution in [0, 0.1) is 13.8 Å². The molecular weight excluding hydrogens is 332 g/mol. The average Bonchev–Trinajstić information content (AvgIpc) is 3.24. The fourth-order valence-electron chi connectivity index (χ4n) is 2.61. The maximum absolute atomic E-state index is 4.53. The molecule has 0 amide bonds. The Labute approximate surface area is 149 Å². The molecule has 0 aliphatic rings. The van der Waals surface area contributed by atoms with E-state index in [1.54, 1.807) is 22.7 Å². The molecule has 0 aromatic carbocycles. The van der Waals surface area contributed by atoms with E-state index in [4.69, 9.17) is 0 Å². The lowest BCUT2D eigenvalue weighted by molar-refractivity contribution is 1.25. The van der Waals surface area contributed by atoms with Crippen molar-refractivity contribution in [2.24, 2.45) is 0 Å². The first-order valence-corrected chi connectivity index (χ1v) is 9.48. The molecule has 4 heterocycles. The van der Waals surface area contributed by atoms with E-state index in [-0.39, 0.29) is 0 Å². The Balaban J connectivity index is 1.74. The van der Waals surface area contributed by atoms with Crippen LogP contribution in [-0.2, 0) is 0 Å². The van der Waals surface area contributed by atoms with Gasteiger partial charge in [-0.15, -0.1) is 22.7 Å². The molecule has 0 saturated heterocycles. The number of nitrogens with zero attached hydrogens (tertiary/aromatic N) is 2. The van der Waals surface area contributed by atoms with E-state index in [2.05, 4.69) is 71.0 Å². The number of rotatable bonds is 3. The number of aryl methyl sites for hydroxylation is 2. The normalized spacial score (nSPS) is 10.9. The third-order valence-electron chi connectivity index (χ3n) is 3.81. The summed E-state index contributed by atoms with van der Waals surface area (Å²) < 4.78 is 0. The smallest absolute Gasteiger partial charge is 0.0892 e. The van der Waals surface area contributed by atoms with Gasteiger partial charge in [0, 0.05) is 22.1 Å². The predicted octanol–water partition coefficient (Wildman–Crippen LogP) is 6.22. The lowest BCUT2D eigenvalue weighted by Crippen LogP contribution is -1.88. The highest BCUT2D eigenvalue weighted by atomic mass is 32.1. The van der Waals surface area contributed by atoms with Crippen molar-refractivity contribution in [1.29, 1.82) is 0 Å². The number of pyridine rings is 2. The number of thiophene rings is 2. The van der Waals surface area contributed by atoms with Crippen molar-refractivity contribution in [3.05, 3.63) is 70.7 Å². The van der Waals surface area contributed by atoms with Crippen LogP contribution in [0.5, 0.6) is 0 Å². The van der Waals surface area contributed by atoms with E-state index in [1.165, 1.54) is 32.0 Å². The van der Waals surface area contributed by atoms with Crippen molar-refractivity contribution < 1.29 is 0 Å². The van der Waals surface area contributed by atoms with Crippen LogP contribution in [0.4, 0.5) is 0 Å². The molecule has 118 valence electrons. The summed E-state index contributed by atoms with van der Waals surface area (Å²) in [5.74, 6) is 0. The van der Waals surface area contributed by atoms with E-state index in [0.717, 1.165) is 11.4 Å². The van der Waals surface area contributed by atoms with Crippen LogP contribution in [-0.4, -0.2) is 9.97 Å². The molecule has 4 aromatic heterocycles. The molecule has 0 aliphatic heterocycles. The highest BCUT2D eigenvalue weighted by Crippen LogP contribution is 2.31. The summed E-state index contributed by atoms with van der Waals surface area (Å²) in [7, 11) is 0. The Morgan fingerprint density at radius 1 is 0.667 bits per heavy atom. The fraction of sp³-hybridized carbons (Fsp3) is 0.100. The molecule has 0 radical (unpaired) electrons. The molecule has 0 spiro atoms. The second kappa shape index (κ2) is 6.30. The summed E-state index contributed by atoms with van der Waals surface area (Å²) in [6.07, 6.45) is 3.73. The van der Waals surface area contributed by atoms with Gasteiger partial charge < -0.3 is 0 Å². The standard InChI is InChI=1S/C20H16N2S2/c1-13-7-19(23-11-13)15-3-5-21-17(9-15)18-10-16(4-6-22-18)20-8-14(2)12-24-20/h3-12H,1-2H3. The minimum absolute atomic E-state index is 0.911. The van der Waals surface area contributed by atoms with Crippen LogP contribution in [0.3, 0.4) is 0 Å². The maximum Gasteiger partial charge on any atom is 0.0892 e. The molecule has 0 unspecified atom stereocenters. The molecule has 0 bridgehead atoms. The van der Waals surface area contributed by atoms with E-state index in [9.17, 15) is 0 Å². The van der Waals surface area contributed by atoms with Crippen molar-refractivity contribution in [2.45, 2.75) is 13.8 Å². The number of aromatic nitrogens is 2. The zero-order valence-electron chi connectivity index (χ0n) is 13.5. The minimum Gasteiger partial charge on any atom is -0.255 e. The molecule has 4 rings (SSSR count). The third kappa shape index (κ3) is 3.03. The Morgan fingerprint density at radius 3 is 1.50 bits per heavy atom. The largest absolute Gasteiger partial charge is 0.255 e. The van der Waals surface area contributed by atoms with Crippen molar-refractivity contribution in [2.75, 3.05) is 0 Å². The fourth-order valence-corrected chi connectivity index (χ4v) is 4.41. The van der Waals surface area contributed by atoms with Crippen LogP contribution in [0.2, 0.25) is 0 Å². The van der Waals surface area contributed by atoms with Gasteiger partial charge in [-0.3, -0.25) is 9.97 Å². The Hall–Kier alpha value is -2.30. The molecule has 2 nitrogen and oxygen atoms in total. The Morgan fingerprint density at radius 2 is 1.12 bits per heavy atom. The van der Waals surface area contributed by atoms with Gasteiger partial charge in [-0.2, -0.15) is 0 Å². The first-order chi connectivity index (χ1) is 11.7. The van der Waals surface area contributed by atoms with Crippen LogP contribution < -0.4 is 0 Å². The molecule has 24 heavy (non-hydrogen) atoms. The van der Waals surface area contributed by atoms with Gasteiger partial charge in [0.15, 0.2) is 0 Å². The first-order valence-electron chi connectivity index (χ1n) is 7.72. The summed E-state index contributed by atoms with van der Waals surface area (Å²) >= 11 is 3.53. The van der Waals surface area contributed by atoms with Crippen molar-refractivity contribution in [3.8, 4) is 32.3 Å². The Bertz CT molecular complexity index is 916. The van der Waals surface area contributed by atoms with Gasteiger partial charge in [-0.05, 0) is 83.3 Å². The monoisotopic (exact) mass is 348 g/mol. The third-order valence-corrected chi connectivity index (χ3v) is 6.01. The van der Waals surface area contributed by atoms with E-state index < -0.39 is 0 Å². The van der Waals surface area contributed by atoms with Crippen LogP contribution in [0.25, 0.3) is 32.3 Å². The van der Waals surface area contributed by atoms with E-state index in [0.29, 0.717) is 0 Å².